The van der Waals surface area contributed by atoms with Crippen molar-refractivity contribution in [2.45, 2.75) is 44.9 Å². The Labute approximate surface area is 220 Å². The van der Waals surface area contributed by atoms with Crippen molar-refractivity contribution in [1.29, 1.82) is 0 Å². The summed E-state index contributed by atoms with van der Waals surface area (Å²) in [5, 5.41) is 0. The molecular weight excluding hydrogens is 444 g/mol. The molecule has 5 aromatic rings. The second-order valence-electron chi connectivity index (χ2n) is 11.9. The average molecular weight is 477 g/mol. The molecule has 0 nitrogen and oxygen atoms in total. The Kier molecular flexibility index (Phi) is 4.70. The Bertz CT molecular complexity index is 1680. The van der Waals surface area contributed by atoms with Gasteiger partial charge in [0.1, 0.15) is 0 Å². The van der Waals surface area contributed by atoms with Crippen LogP contribution >= 0.6 is 0 Å². The highest BCUT2D eigenvalue weighted by Crippen LogP contribution is 2.51. The molecule has 0 unspecified atom stereocenters. The van der Waals surface area contributed by atoms with E-state index in [0.29, 0.717) is 0 Å². The van der Waals surface area contributed by atoms with E-state index >= 15 is 0 Å². The van der Waals surface area contributed by atoms with Crippen LogP contribution in [0.5, 0.6) is 0 Å². The van der Waals surface area contributed by atoms with Gasteiger partial charge in [-0.1, -0.05) is 131 Å². The molecule has 0 saturated heterocycles. The van der Waals surface area contributed by atoms with Crippen LogP contribution in [0.1, 0.15) is 61.1 Å². The molecule has 0 heterocycles. The van der Waals surface area contributed by atoms with Gasteiger partial charge in [-0.3, -0.25) is 0 Å². The number of hydrogen-bond acceptors (Lipinski definition) is 0. The van der Waals surface area contributed by atoms with Crippen molar-refractivity contribution >= 4 is 0 Å². The monoisotopic (exact) mass is 476 g/mol. The lowest BCUT2D eigenvalue weighted by molar-refractivity contribution is 0.658. The van der Waals surface area contributed by atoms with Crippen molar-refractivity contribution in [2.75, 3.05) is 0 Å². The first-order valence-electron chi connectivity index (χ1n) is 13.4. The largest absolute Gasteiger partial charge is 0.0622 e. The summed E-state index contributed by atoms with van der Waals surface area (Å²) in [5.74, 6) is 0. The molecule has 0 amide bonds. The van der Waals surface area contributed by atoms with Crippen molar-refractivity contribution in [2.24, 2.45) is 0 Å². The number of rotatable bonds is 3. The fraction of sp³-hybridized carbons (Fsp3) is 0.189. The predicted molar refractivity (Wildman–Crippen MR) is 156 cm³/mol. The van der Waals surface area contributed by atoms with Gasteiger partial charge in [0.2, 0.25) is 0 Å². The molecule has 5 aromatic carbocycles. The van der Waals surface area contributed by atoms with E-state index in [-0.39, 0.29) is 10.8 Å². The second kappa shape index (κ2) is 7.80. The summed E-state index contributed by atoms with van der Waals surface area (Å²) < 4.78 is 0. The molecule has 0 bridgehead atoms. The fourth-order valence-corrected chi connectivity index (χ4v) is 6.80. The summed E-state index contributed by atoms with van der Waals surface area (Å²) in [4.78, 5) is 0. The topological polar surface area (TPSA) is 0 Å². The lowest BCUT2D eigenvalue weighted by Crippen LogP contribution is -2.15. The Morgan fingerprint density at radius 2 is 0.892 bits per heavy atom. The van der Waals surface area contributed by atoms with Gasteiger partial charge in [-0.25, -0.2) is 0 Å². The standard InChI is InChI=1S/C37H32/c1-36(2)32-13-9-8-12-28(32)29-17-14-24(21-33(29)36)20-25-15-18-30-31-19-16-27(26-10-6-5-7-11-26)23-35(31)37(3,4)34(30)22-25/h5-19,21-23H,20H2,1-4H3. The normalized spacial score (nSPS) is 15.6. The lowest BCUT2D eigenvalue weighted by atomic mass is 9.80. The van der Waals surface area contributed by atoms with Crippen LogP contribution in [0.4, 0.5) is 0 Å². The van der Waals surface area contributed by atoms with Crippen molar-refractivity contribution in [3.8, 4) is 33.4 Å². The van der Waals surface area contributed by atoms with E-state index in [9.17, 15) is 0 Å². The summed E-state index contributed by atoms with van der Waals surface area (Å²) in [7, 11) is 0. The first-order valence-corrected chi connectivity index (χ1v) is 13.4. The van der Waals surface area contributed by atoms with E-state index in [0.717, 1.165) is 6.42 Å². The Morgan fingerprint density at radius 3 is 1.54 bits per heavy atom. The first kappa shape index (κ1) is 22.3. The highest BCUT2D eigenvalue weighted by molar-refractivity contribution is 5.84. The van der Waals surface area contributed by atoms with Gasteiger partial charge in [-0.2, -0.15) is 0 Å². The molecular formula is C37H32. The van der Waals surface area contributed by atoms with Crippen LogP contribution in [-0.4, -0.2) is 0 Å². The van der Waals surface area contributed by atoms with E-state index in [4.69, 9.17) is 0 Å². The van der Waals surface area contributed by atoms with Crippen molar-refractivity contribution in [3.63, 3.8) is 0 Å². The molecule has 0 saturated carbocycles. The van der Waals surface area contributed by atoms with Gasteiger partial charge in [-0.15, -0.1) is 0 Å². The molecule has 0 N–H and O–H groups in total. The molecule has 0 spiro atoms. The Balaban J connectivity index is 1.24. The van der Waals surface area contributed by atoms with E-state index in [1.807, 2.05) is 0 Å². The van der Waals surface area contributed by atoms with Gasteiger partial charge in [-0.05, 0) is 79.2 Å². The van der Waals surface area contributed by atoms with Gasteiger partial charge in [0.25, 0.3) is 0 Å². The zero-order valence-electron chi connectivity index (χ0n) is 22.1. The van der Waals surface area contributed by atoms with Crippen molar-refractivity contribution in [1.82, 2.24) is 0 Å². The van der Waals surface area contributed by atoms with Gasteiger partial charge < -0.3 is 0 Å². The molecule has 2 aliphatic rings. The van der Waals surface area contributed by atoms with Crippen molar-refractivity contribution < 1.29 is 0 Å². The van der Waals surface area contributed by atoms with E-state index in [2.05, 4.69) is 137 Å². The molecule has 2 aliphatic carbocycles. The molecule has 0 atom stereocenters. The third-order valence-corrected chi connectivity index (χ3v) is 8.90. The summed E-state index contributed by atoms with van der Waals surface area (Å²) in [6.45, 7) is 9.48. The van der Waals surface area contributed by atoms with Crippen LogP contribution in [0.15, 0.2) is 109 Å². The molecule has 37 heavy (non-hydrogen) atoms. The molecule has 180 valence electrons. The molecule has 7 rings (SSSR count). The number of hydrogen-bond donors (Lipinski definition) is 0. The minimum atomic E-state index is -0.0208. The van der Waals surface area contributed by atoms with Crippen molar-refractivity contribution in [3.05, 3.63) is 143 Å². The molecule has 0 aliphatic heterocycles. The zero-order valence-corrected chi connectivity index (χ0v) is 22.1. The van der Waals surface area contributed by atoms with Crippen LogP contribution in [-0.2, 0) is 17.3 Å². The maximum absolute atomic E-state index is 2.46. The van der Waals surface area contributed by atoms with Gasteiger partial charge in [0.05, 0.1) is 0 Å². The van der Waals surface area contributed by atoms with Gasteiger partial charge in [0, 0.05) is 10.8 Å². The quantitative estimate of drug-likeness (QED) is 0.243. The van der Waals surface area contributed by atoms with Gasteiger partial charge in [0.15, 0.2) is 0 Å². The van der Waals surface area contributed by atoms with E-state index in [1.54, 1.807) is 0 Å². The Morgan fingerprint density at radius 1 is 0.405 bits per heavy atom. The predicted octanol–water partition coefficient (Wildman–Crippen LogP) is 9.56. The fourth-order valence-electron chi connectivity index (χ4n) is 6.80. The van der Waals surface area contributed by atoms with E-state index < -0.39 is 0 Å². The third kappa shape index (κ3) is 3.28. The highest BCUT2D eigenvalue weighted by atomic mass is 14.4. The van der Waals surface area contributed by atoms with Crippen LogP contribution in [0.2, 0.25) is 0 Å². The lowest BCUT2D eigenvalue weighted by Gasteiger charge is -2.23. The summed E-state index contributed by atoms with van der Waals surface area (Å²) in [6, 6.07) is 40.9. The van der Waals surface area contributed by atoms with Crippen LogP contribution in [0.3, 0.4) is 0 Å². The van der Waals surface area contributed by atoms with Crippen LogP contribution in [0, 0.1) is 0 Å². The zero-order chi connectivity index (χ0) is 25.4. The minimum absolute atomic E-state index is 0.0208. The van der Waals surface area contributed by atoms with E-state index in [1.165, 1.54) is 66.8 Å². The maximum atomic E-state index is 2.46. The number of fused-ring (bicyclic) bond motifs is 6. The highest BCUT2D eigenvalue weighted by Gasteiger charge is 2.37. The SMILES string of the molecule is CC1(C)c2ccccc2-c2ccc(Cc3ccc4c(c3)C(C)(C)c3cc(-c5ccccc5)ccc3-4)cc21. The Hall–Kier alpha value is -3.90. The molecule has 0 radical (unpaired) electrons. The summed E-state index contributed by atoms with van der Waals surface area (Å²) >= 11 is 0. The summed E-state index contributed by atoms with van der Waals surface area (Å²) in [5.41, 5.74) is 16.7. The average Bonchev–Trinajstić information content (AvgIpc) is 3.28. The number of benzene rings is 5. The van der Waals surface area contributed by atoms with Crippen LogP contribution < -0.4 is 0 Å². The molecule has 0 heteroatoms. The van der Waals surface area contributed by atoms with Gasteiger partial charge >= 0.3 is 0 Å². The second-order valence-corrected chi connectivity index (χ2v) is 11.9. The minimum Gasteiger partial charge on any atom is -0.0622 e. The summed E-state index contributed by atoms with van der Waals surface area (Å²) in [6.07, 6.45) is 0.953. The third-order valence-electron chi connectivity index (χ3n) is 8.90. The maximum Gasteiger partial charge on any atom is 0.0159 e. The van der Waals surface area contributed by atoms with Crippen LogP contribution in [0.25, 0.3) is 33.4 Å². The molecule has 0 fully saturated rings. The molecule has 0 aromatic heterocycles. The first-order chi connectivity index (χ1) is 17.8. The smallest absolute Gasteiger partial charge is 0.0159 e.